The molecule has 0 spiro atoms. The first-order valence-corrected chi connectivity index (χ1v) is 6.96. The van der Waals surface area contributed by atoms with Crippen LogP contribution < -0.4 is 5.32 Å². The van der Waals surface area contributed by atoms with E-state index in [1.807, 2.05) is 6.20 Å². The third kappa shape index (κ3) is 1.68. The smallest absolute Gasteiger partial charge is 0.143 e. The Bertz CT molecular complexity index is 775. The highest BCUT2D eigenvalue weighted by Crippen LogP contribution is 2.34. The lowest BCUT2D eigenvalue weighted by molar-refractivity contribution is 0.758. The van der Waals surface area contributed by atoms with Gasteiger partial charge in [0.2, 0.25) is 0 Å². The van der Waals surface area contributed by atoms with Crippen LogP contribution in [0.25, 0.3) is 11.0 Å². The number of fused-ring (bicyclic) bond motifs is 2. The number of aryl methyl sites for hydroxylation is 2. The van der Waals surface area contributed by atoms with Crippen LogP contribution in [0.5, 0.6) is 0 Å². The van der Waals surface area contributed by atoms with Gasteiger partial charge in [-0.25, -0.2) is 9.97 Å². The predicted molar refractivity (Wildman–Crippen MR) is 79.8 cm³/mol. The fraction of sp³-hybridized carbons (Fsp3) is 0.250. The van der Waals surface area contributed by atoms with Crippen LogP contribution in [0, 0.1) is 6.92 Å². The number of anilines is 1. The molecule has 0 aliphatic heterocycles. The third-order valence-electron chi connectivity index (χ3n) is 4.11. The van der Waals surface area contributed by atoms with E-state index >= 15 is 0 Å². The number of hydrogen-bond acceptors (Lipinski definition) is 3. The van der Waals surface area contributed by atoms with Gasteiger partial charge in [-0.05, 0) is 36.5 Å². The van der Waals surface area contributed by atoms with Gasteiger partial charge in [0.25, 0.3) is 0 Å². The fourth-order valence-corrected chi connectivity index (χ4v) is 3.10. The number of H-pyrrole nitrogens is 1. The number of aromatic amines is 1. The summed E-state index contributed by atoms with van der Waals surface area (Å²) in [6.07, 6.45) is 5.84. The largest absolute Gasteiger partial charge is 0.363 e. The van der Waals surface area contributed by atoms with E-state index in [4.69, 9.17) is 0 Å². The first-order chi connectivity index (χ1) is 9.83. The lowest BCUT2D eigenvalue weighted by Gasteiger charge is -2.15. The molecular weight excluding hydrogens is 248 g/mol. The SMILES string of the molecule is Cc1c[nH]c2ncnc(N[C@H]3CCc4ccccc43)c12. The monoisotopic (exact) mass is 264 g/mol. The average molecular weight is 264 g/mol. The molecule has 1 atom stereocenters. The Morgan fingerprint density at radius 3 is 3.10 bits per heavy atom. The van der Waals surface area contributed by atoms with E-state index in [9.17, 15) is 0 Å². The average Bonchev–Trinajstić information content (AvgIpc) is 3.05. The minimum Gasteiger partial charge on any atom is -0.363 e. The molecular formula is C16H16N4. The molecule has 0 fully saturated rings. The molecule has 100 valence electrons. The van der Waals surface area contributed by atoms with Crippen LogP contribution in [0.4, 0.5) is 5.82 Å². The zero-order valence-electron chi connectivity index (χ0n) is 11.4. The van der Waals surface area contributed by atoms with Crippen molar-refractivity contribution < 1.29 is 0 Å². The van der Waals surface area contributed by atoms with Gasteiger partial charge < -0.3 is 10.3 Å². The van der Waals surface area contributed by atoms with E-state index in [1.165, 1.54) is 16.7 Å². The van der Waals surface area contributed by atoms with Gasteiger partial charge in [-0.2, -0.15) is 0 Å². The summed E-state index contributed by atoms with van der Waals surface area (Å²) in [5.41, 5.74) is 4.91. The second-order valence-electron chi connectivity index (χ2n) is 5.35. The van der Waals surface area contributed by atoms with Gasteiger partial charge in [0.05, 0.1) is 11.4 Å². The maximum absolute atomic E-state index is 4.43. The summed E-state index contributed by atoms with van der Waals surface area (Å²) >= 11 is 0. The quantitative estimate of drug-likeness (QED) is 0.746. The summed E-state index contributed by atoms with van der Waals surface area (Å²) in [6.45, 7) is 2.08. The van der Waals surface area contributed by atoms with Crippen molar-refractivity contribution in [2.45, 2.75) is 25.8 Å². The normalized spacial score (nSPS) is 17.4. The second kappa shape index (κ2) is 4.34. The number of hydrogen-bond donors (Lipinski definition) is 2. The van der Waals surface area contributed by atoms with Gasteiger partial charge in [-0.1, -0.05) is 24.3 Å². The maximum Gasteiger partial charge on any atom is 0.143 e. The van der Waals surface area contributed by atoms with E-state index in [0.717, 1.165) is 29.7 Å². The van der Waals surface area contributed by atoms with Crippen LogP contribution in [0.2, 0.25) is 0 Å². The Balaban J connectivity index is 1.74. The van der Waals surface area contributed by atoms with Gasteiger partial charge in [-0.3, -0.25) is 0 Å². The van der Waals surface area contributed by atoms with Crippen molar-refractivity contribution in [3.8, 4) is 0 Å². The molecule has 4 nitrogen and oxygen atoms in total. The van der Waals surface area contributed by atoms with E-state index < -0.39 is 0 Å². The van der Waals surface area contributed by atoms with Crippen LogP contribution in [0.1, 0.15) is 29.2 Å². The Morgan fingerprint density at radius 1 is 1.25 bits per heavy atom. The minimum atomic E-state index is 0.346. The van der Waals surface area contributed by atoms with Gasteiger partial charge in [0.1, 0.15) is 17.8 Å². The predicted octanol–water partition coefficient (Wildman–Crippen LogP) is 3.37. The highest BCUT2D eigenvalue weighted by atomic mass is 15.1. The van der Waals surface area contributed by atoms with Crippen molar-refractivity contribution in [2.24, 2.45) is 0 Å². The molecule has 1 aliphatic carbocycles. The van der Waals surface area contributed by atoms with Gasteiger partial charge in [0.15, 0.2) is 0 Å². The second-order valence-corrected chi connectivity index (χ2v) is 5.35. The third-order valence-corrected chi connectivity index (χ3v) is 4.11. The van der Waals surface area contributed by atoms with Crippen molar-refractivity contribution >= 4 is 16.9 Å². The van der Waals surface area contributed by atoms with Gasteiger partial charge in [-0.15, -0.1) is 0 Å². The fourth-order valence-electron chi connectivity index (χ4n) is 3.10. The first-order valence-electron chi connectivity index (χ1n) is 6.96. The minimum absolute atomic E-state index is 0.346. The number of rotatable bonds is 2. The maximum atomic E-state index is 4.43. The molecule has 1 aromatic carbocycles. The highest BCUT2D eigenvalue weighted by Gasteiger charge is 2.23. The Labute approximate surface area is 117 Å². The number of nitrogens with one attached hydrogen (secondary N) is 2. The summed E-state index contributed by atoms with van der Waals surface area (Å²) in [5.74, 6) is 0.926. The number of benzene rings is 1. The summed E-state index contributed by atoms with van der Waals surface area (Å²) in [5, 5.41) is 4.69. The molecule has 2 aromatic heterocycles. The van der Waals surface area contributed by atoms with E-state index in [0.29, 0.717) is 6.04 Å². The molecule has 1 aliphatic rings. The molecule has 0 unspecified atom stereocenters. The van der Waals surface area contributed by atoms with Crippen LogP contribution in [-0.2, 0) is 6.42 Å². The lowest BCUT2D eigenvalue weighted by Crippen LogP contribution is -2.09. The van der Waals surface area contributed by atoms with Crippen LogP contribution in [0.15, 0.2) is 36.8 Å². The molecule has 2 N–H and O–H groups in total. The zero-order chi connectivity index (χ0) is 13.5. The van der Waals surface area contributed by atoms with Gasteiger partial charge in [0, 0.05) is 6.20 Å². The van der Waals surface area contributed by atoms with E-state index in [1.54, 1.807) is 6.33 Å². The Hall–Kier alpha value is -2.36. The lowest BCUT2D eigenvalue weighted by atomic mass is 10.1. The first kappa shape index (κ1) is 11.5. The number of aromatic nitrogens is 3. The topological polar surface area (TPSA) is 53.6 Å². The zero-order valence-corrected chi connectivity index (χ0v) is 11.4. The summed E-state index contributed by atoms with van der Waals surface area (Å²) in [6, 6.07) is 8.99. The van der Waals surface area contributed by atoms with Gasteiger partial charge >= 0.3 is 0 Å². The molecule has 3 aromatic rings. The summed E-state index contributed by atoms with van der Waals surface area (Å²) in [4.78, 5) is 11.9. The number of nitrogens with zero attached hydrogens (tertiary/aromatic N) is 2. The molecule has 0 bridgehead atoms. The molecule has 0 radical (unpaired) electrons. The van der Waals surface area contributed by atoms with Crippen molar-refractivity contribution in [3.05, 3.63) is 53.5 Å². The molecule has 0 saturated heterocycles. The van der Waals surface area contributed by atoms with E-state index in [-0.39, 0.29) is 0 Å². The van der Waals surface area contributed by atoms with Crippen molar-refractivity contribution in [3.63, 3.8) is 0 Å². The van der Waals surface area contributed by atoms with Crippen LogP contribution in [0.3, 0.4) is 0 Å². The molecule has 4 heteroatoms. The molecule has 4 rings (SSSR count). The van der Waals surface area contributed by atoms with Crippen LogP contribution in [-0.4, -0.2) is 15.0 Å². The molecule has 20 heavy (non-hydrogen) atoms. The summed E-state index contributed by atoms with van der Waals surface area (Å²) in [7, 11) is 0. The standard InChI is InChI=1S/C16H16N4/c1-10-8-17-15-14(10)16(19-9-18-15)20-13-7-6-11-4-2-3-5-12(11)13/h2-5,8-9,13H,6-7H2,1H3,(H2,17,18,19,20)/t13-/m0/s1. The van der Waals surface area contributed by atoms with Crippen LogP contribution >= 0.6 is 0 Å². The molecule has 0 amide bonds. The highest BCUT2D eigenvalue weighted by molar-refractivity contribution is 5.90. The van der Waals surface area contributed by atoms with Crippen molar-refractivity contribution in [2.75, 3.05) is 5.32 Å². The van der Waals surface area contributed by atoms with E-state index in [2.05, 4.69) is 51.5 Å². The molecule has 0 saturated carbocycles. The Morgan fingerprint density at radius 2 is 2.15 bits per heavy atom. The van der Waals surface area contributed by atoms with Crippen molar-refractivity contribution in [1.29, 1.82) is 0 Å². The Kier molecular flexibility index (Phi) is 2.49. The molecule has 2 heterocycles. The van der Waals surface area contributed by atoms with Crippen molar-refractivity contribution in [1.82, 2.24) is 15.0 Å². The summed E-state index contributed by atoms with van der Waals surface area (Å²) < 4.78 is 0.